The molecular weight excluding hydrogens is 621 g/mol. The average molecular weight is 653 g/mol. The summed E-state index contributed by atoms with van der Waals surface area (Å²) in [4.78, 5) is 10.3. The molecule has 4 nitrogen and oxygen atoms in total. The molecule has 2 heterocycles. The summed E-state index contributed by atoms with van der Waals surface area (Å²) in [5.41, 5.74) is 8.93. The summed E-state index contributed by atoms with van der Waals surface area (Å²) in [7, 11) is 0. The number of aliphatic imine (C=N–C) groups is 2. The number of nitrogens with zero attached hydrogens (tertiary/aromatic N) is 3. The first-order valence-corrected chi connectivity index (χ1v) is 17.4. The molecule has 9 aromatic rings. The maximum atomic E-state index is 5.15. The first-order valence-electron chi connectivity index (χ1n) is 17.4. The highest BCUT2D eigenvalue weighted by molar-refractivity contribution is 6.22. The van der Waals surface area contributed by atoms with Crippen LogP contribution in [0.3, 0.4) is 0 Å². The Labute approximate surface area is 295 Å². The van der Waals surface area contributed by atoms with E-state index in [1.165, 1.54) is 54.5 Å². The van der Waals surface area contributed by atoms with Crippen LogP contribution < -0.4 is 5.32 Å². The lowest BCUT2D eigenvalue weighted by atomic mass is 9.96. The first-order chi connectivity index (χ1) is 25.3. The maximum Gasteiger partial charge on any atom is 0.169 e. The topological polar surface area (TPSA) is 41.7 Å². The number of fused-ring (bicyclic) bond motifs is 6. The molecule has 0 amide bonds. The van der Waals surface area contributed by atoms with E-state index in [4.69, 9.17) is 9.98 Å². The smallest absolute Gasteiger partial charge is 0.169 e. The Morgan fingerprint density at radius 3 is 1.80 bits per heavy atom. The summed E-state index contributed by atoms with van der Waals surface area (Å²) in [6.07, 6.45) is -0.407. The van der Waals surface area contributed by atoms with Gasteiger partial charge in [0.25, 0.3) is 0 Å². The van der Waals surface area contributed by atoms with Gasteiger partial charge in [-0.3, -0.25) is 0 Å². The van der Waals surface area contributed by atoms with Gasteiger partial charge in [0.2, 0.25) is 0 Å². The molecule has 4 heteroatoms. The lowest BCUT2D eigenvalue weighted by Gasteiger charge is -2.22. The Kier molecular flexibility index (Phi) is 6.85. The molecule has 0 atom stereocenters. The molecule has 0 unspecified atom stereocenters. The zero-order valence-corrected chi connectivity index (χ0v) is 27.7. The van der Waals surface area contributed by atoms with E-state index in [1.54, 1.807) is 0 Å². The van der Waals surface area contributed by atoms with Crippen molar-refractivity contribution in [2.45, 2.75) is 6.17 Å². The molecule has 0 spiro atoms. The molecule has 10 rings (SSSR count). The minimum Gasteiger partial charge on any atom is -0.324 e. The van der Waals surface area contributed by atoms with Crippen LogP contribution in [0.1, 0.15) is 22.9 Å². The van der Waals surface area contributed by atoms with E-state index in [-0.39, 0.29) is 0 Å². The Hall–Kier alpha value is -6.78. The number of rotatable bonds is 5. The van der Waals surface area contributed by atoms with Crippen LogP contribution in [-0.2, 0) is 0 Å². The number of hydrogen-bond acceptors (Lipinski definition) is 3. The van der Waals surface area contributed by atoms with Gasteiger partial charge < -0.3 is 9.88 Å². The Balaban J connectivity index is 1.13. The van der Waals surface area contributed by atoms with Crippen LogP contribution in [0.2, 0.25) is 0 Å². The Bertz CT molecular complexity index is 2770. The molecule has 0 saturated heterocycles. The van der Waals surface area contributed by atoms with Gasteiger partial charge in [-0.15, -0.1) is 0 Å². The second kappa shape index (κ2) is 12.0. The highest BCUT2D eigenvalue weighted by atomic mass is 15.2. The van der Waals surface area contributed by atoms with Crippen molar-refractivity contribution in [3.05, 3.63) is 199 Å². The predicted octanol–water partition coefficient (Wildman–Crippen LogP) is 11.3. The van der Waals surface area contributed by atoms with E-state index < -0.39 is 6.17 Å². The van der Waals surface area contributed by atoms with Crippen molar-refractivity contribution >= 4 is 55.0 Å². The molecule has 0 bridgehead atoms. The van der Waals surface area contributed by atoms with E-state index in [1.807, 2.05) is 36.4 Å². The third-order valence-electron chi connectivity index (χ3n) is 10.00. The summed E-state index contributed by atoms with van der Waals surface area (Å²) >= 11 is 0. The predicted molar refractivity (Wildman–Crippen MR) is 213 cm³/mol. The van der Waals surface area contributed by atoms with Crippen LogP contribution in [0.15, 0.2) is 192 Å². The van der Waals surface area contributed by atoms with Gasteiger partial charge in [-0.1, -0.05) is 146 Å². The highest BCUT2D eigenvalue weighted by Crippen LogP contribution is 2.39. The van der Waals surface area contributed by atoms with Crippen molar-refractivity contribution in [1.82, 2.24) is 9.88 Å². The third kappa shape index (κ3) is 5.08. The SMILES string of the molecule is c1ccc(C2=NC(c3cccc(-n4c5ccccc5c5c6cc(-c7ccc8ccccc8c7)ccc6ccc54)c3)N=C(c3ccccc3)N2)cc1. The molecule has 1 aliphatic rings. The summed E-state index contributed by atoms with van der Waals surface area (Å²) < 4.78 is 2.39. The normalized spacial score (nSPS) is 13.4. The second-order valence-corrected chi connectivity index (χ2v) is 13.1. The minimum absolute atomic E-state index is 0.407. The van der Waals surface area contributed by atoms with E-state index >= 15 is 0 Å². The van der Waals surface area contributed by atoms with Crippen molar-refractivity contribution in [3.63, 3.8) is 0 Å². The monoisotopic (exact) mass is 652 g/mol. The minimum atomic E-state index is -0.407. The largest absolute Gasteiger partial charge is 0.324 e. The fourth-order valence-corrected chi connectivity index (χ4v) is 7.52. The number of hydrogen-bond donors (Lipinski definition) is 1. The van der Waals surface area contributed by atoms with Crippen molar-refractivity contribution in [3.8, 4) is 16.8 Å². The molecule has 1 aromatic heterocycles. The fourth-order valence-electron chi connectivity index (χ4n) is 7.52. The van der Waals surface area contributed by atoms with Crippen LogP contribution in [0.4, 0.5) is 0 Å². The van der Waals surface area contributed by atoms with Crippen molar-refractivity contribution in [1.29, 1.82) is 0 Å². The molecular formula is C47H32N4. The molecule has 1 N–H and O–H groups in total. The molecule has 0 fully saturated rings. The van der Waals surface area contributed by atoms with Gasteiger partial charge in [0.05, 0.1) is 11.0 Å². The van der Waals surface area contributed by atoms with E-state index in [2.05, 4.69) is 155 Å². The van der Waals surface area contributed by atoms with Crippen molar-refractivity contribution in [2.75, 3.05) is 0 Å². The van der Waals surface area contributed by atoms with Gasteiger partial charge in [-0.2, -0.15) is 0 Å². The number of amidine groups is 2. The van der Waals surface area contributed by atoms with Gasteiger partial charge in [0.1, 0.15) is 11.7 Å². The van der Waals surface area contributed by atoms with Crippen LogP contribution in [0, 0.1) is 0 Å². The molecule has 240 valence electrons. The van der Waals surface area contributed by atoms with Gasteiger partial charge in [-0.05, 0) is 69.1 Å². The standard InChI is InChI=1S/C47H32N4/c1-3-13-33(14-4-1)45-48-46(34-15-5-2-6-16-34)50-47(49-45)38-18-11-19-39(29-38)51-42-21-10-9-20-40(42)44-41-30-37(25-23-32(41)26-27-43(44)51)36-24-22-31-12-7-8-17-35(31)28-36/h1-30,47H,(H,48,49,50). The lowest BCUT2D eigenvalue weighted by Crippen LogP contribution is -2.36. The molecule has 0 aliphatic carbocycles. The summed E-state index contributed by atoms with van der Waals surface area (Å²) in [6.45, 7) is 0. The van der Waals surface area contributed by atoms with Gasteiger partial charge in [0, 0.05) is 33.2 Å². The molecule has 51 heavy (non-hydrogen) atoms. The molecule has 1 aliphatic heterocycles. The maximum absolute atomic E-state index is 5.15. The summed E-state index contributed by atoms with van der Waals surface area (Å²) in [6, 6.07) is 64.7. The van der Waals surface area contributed by atoms with Gasteiger partial charge >= 0.3 is 0 Å². The Morgan fingerprint density at radius 1 is 0.412 bits per heavy atom. The fraction of sp³-hybridized carbons (Fsp3) is 0.0213. The first kappa shape index (κ1) is 29.2. The van der Waals surface area contributed by atoms with E-state index in [9.17, 15) is 0 Å². The van der Waals surface area contributed by atoms with Crippen LogP contribution >= 0.6 is 0 Å². The van der Waals surface area contributed by atoms with Gasteiger partial charge in [0.15, 0.2) is 6.17 Å². The average Bonchev–Trinajstić information content (AvgIpc) is 3.56. The lowest BCUT2D eigenvalue weighted by molar-refractivity contribution is 0.755. The molecule has 0 saturated carbocycles. The summed E-state index contributed by atoms with van der Waals surface area (Å²) in [5, 5.41) is 11.0. The zero-order chi connectivity index (χ0) is 33.7. The zero-order valence-electron chi connectivity index (χ0n) is 27.7. The Morgan fingerprint density at radius 2 is 1.04 bits per heavy atom. The number of benzene rings is 8. The number of para-hydroxylation sites is 1. The number of nitrogens with one attached hydrogen (secondary N) is 1. The van der Waals surface area contributed by atoms with E-state index in [0.717, 1.165) is 34.0 Å². The highest BCUT2D eigenvalue weighted by Gasteiger charge is 2.22. The van der Waals surface area contributed by atoms with Crippen molar-refractivity contribution in [2.24, 2.45) is 9.98 Å². The van der Waals surface area contributed by atoms with Gasteiger partial charge in [-0.25, -0.2) is 9.98 Å². The number of aromatic nitrogens is 1. The molecule has 8 aromatic carbocycles. The van der Waals surface area contributed by atoms with Crippen LogP contribution in [0.5, 0.6) is 0 Å². The van der Waals surface area contributed by atoms with Crippen LogP contribution in [-0.4, -0.2) is 16.2 Å². The van der Waals surface area contributed by atoms with Crippen molar-refractivity contribution < 1.29 is 0 Å². The van der Waals surface area contributed by atoms with Crippen LogP contribution in [0.25, 0.3) is 60.2 Å². The quantitative estimate of drug-likeness (QED) is 0.197. The molecule has 0 radical (unpaired) electrons. The van der Waals surface area contributed by atoms with E-state index in [0.29, 0.717) is 0 Å². The second-order valence-electron chi connectivity index (χ2n) is 13.1. The summed E-state index contributed by atoms with van der Waals surface area (Å²) in [5.74, 6) is 1.62. The third-order valence-corrected chi connectivity index (χ3v) is 10.00.